The predicted octanol–water partition coefficient (Wildman–Crippen LogP) is 3.49. The average Bonchev–Trinajstić information content (AvgIpc) is 2.34. The molecule has 2 aromatic rings. The van der Waals surface area contributed by atoms with E-state index in [0.717, 1.165) is 11.1 Å². The number of halogens is 2. The average molecular weight is 310 g/mol. The van der Waals surface area contributed by atoms with Gasteiger partial charge in [0.25, 0.3) is 0 Å². The van der Waals surface area contributed by atoms with Crippen LogP contribution in [0.1, 0.15) is 11.1 Å². The van der Waals surface area contributed by atoms with Crippen molar-refractivity contribution in [1.29, 1.82) is 0 Å². The van der Waals surface area contributed by atoms with Gasteiger partial charge in [-0.05, 0) is 46.1 Å². The summed E-state index contributed by atoms with van der Waals surface area (Å²) in [7, 11) is 0. The molecule has 0 amide bonds. The maximum absolute atomic E-state index is 13.4. The van der Waals surface area contributed by atoms with Gasteiger partial charge >= 0.3 is 0 Å². The van der Waals surface area contributed by atoms with Gasteiger partial charge < -0.3 is 11.1 Å². The summed E-state index contributed by atoms with van der Waals surface area (Å²) in [6.07, 6.45) is 3.53. The fraction of sp³-hybridized carbons (Fsp3) is 0.154. The van der Waals surface area contributed by atoms with Crippen LogP contribution in [0.25, 0.3) is 0 Å². The number of hydrogen-bond donors (Lipinski definition) is 2. The molecule has 0 aliphatic rings. The van der Waals surface area contributed by atoms with E-state index in [1.165, 1.54) is 6.07 Å². The van der Waals surface area contributed by atoms with Crippen LogP contribution in [0.4, 0.5) is 15.8 Å². The zero-order valence-electron chi connectivity index (χ0n) is 9.87. The third kappa shape index (κ3) is 2.79. The Morgan fingerprint density at radius 1 is 1.44 bits per heavy atom. The van der Waals surface area contributed by atoms with Gasteiger partial charge in [0.05, 0.1) is 15.8 Å². The Kier molecular flexibility index (Phi) is 3.81. The van der Waals surface area contributed by atoms with Crippen LogP contribution in [-0.4, -0.2) is 4.98 Å². The van der Waals surface area contributed by atoms with Gasteiger partial charge in [0, 0.05) is 25.0 Å². The molecule has 3 N–H and O–H groups in total. The van der Waals surface area contributed by atoms with Crippen LogP contribution < -0.4 is 11.1 Å². The highest BCUT2D eigenvalue weighted by molar-refractivity contribution is 9.10. The molecule has 1 aromatic carbocycles. The second-order valence-electron chi connectivity index (χ2n) is 4.01. The number of benzene rings is 1. The third-order valence-corrected chi connectivity index (χ3v) is 3.32. The van der Waals surface area contributed by atoms with E-state index in [1.54, 1.807) is 18.5 Å². The number of nitrogens with two attached hydrogens (primary N) is 1. The van der Waals surface area contributed by atoms with E-state index in [4.69, 9.17) is 5.73 Å². The van der Waals surface area contributed by atoms with Crippen molar-refractivity contribution >= 4 is 27.3 Å². The van der Waals surface area contributed by atoms with Crippen molar-refractivity contribution in [3.63, 3.8) is 0 Å². The molecule has 0 saturated carbocycles. The molecule has 94 valence electrons. The van der Waals surface area contributed by atoms with E-state index >= 15 is 0 Å². The van der Waals surface area contributed by atoms with Gasteiger partial charge in [0.1, 0.15) is 5.82 Å². The first-order valence-electron chi connectivity index (χ1n) is 5.46. The van der Waals surface area contributed by atoms with E-state index in [-0.39, 0.29) is 5.82 Å². The Labute approximate surface area is 113 Å². The lowest BCUT2D eigenvalue weighted by Crippen LogP contribution is -2.04. The van der Waals surface area contributed by atoms with E-state index < -0.39 is 0 Å². The minimum absolute atomic E-state index is 0.338. The Morgan fingerprint density at radius 3 is 2.94 bits per heavy atom. The Balaban J connectivity index is 2.16. The minimum atomic E-state index is -0.338. The van der Waals surface area contributed by atoms with Crippen LogP contribution in [-0.2, 0) is 6.54 Å². The van der Waals surface area contributed by atoms with Crippen LogP contribution in [0.3, 0.4) is 0 Å². The van der Waals surface area contributed by atoms with Crippen molar-refractivity contribution < 1.29 is 4.39 Å². The smallest absolute Gasteiger partial charge is 0.139 e. The zero-order chi connectivity index (χ0) is 13.1. The third-order valence-electron chi connectivity index (χ3n) is 2.71. The second-order valence-corrected chi connectivity index (χ2v) is 4.86. The van der Waals surface area contributed by atoms with Gasteiger partial charge in [0.2, 0.25) is 0 Å². The molecule has 0 unspecified atom stereocenters. The normalized spacial score (nSPS) is 10.4. The quantitative estimate of drug-likeness (QED) is 0.853. The molecular formula is C13H13BrFN3. The molecule has 0 saturated heterocycles. The number of nitrogens with zero attached hydrogens (tertiary/aromatic N) is 1. The van der Waals surface area contributed by atoms with E-state index in [1.807, 2.05) is 13.0 Å². The highest BCUT2D eigenvalue weighted by Crippen LogP contribution is 2.26. The van der Waals surface area contributed by atoms with Gasteiger partial charge in [-0.25, -0.2) is 4.39 Å². The van der Waals surface area contributed by atoms with Crippen LogP contribution in [0.2, 0.25) is 0 Å². The molecule has 0 spiro atoms. The number of anilines is 2. The van der Waals surface area contributed by atoms with E-state index in [9.17, 15) is 4.39 Å². The molecule has 0 aliphatic heterocycles. The van der Waals surface area contributed by atoms with Crippen molar-refractivity contribution in [2.75, 3.05) is 11.1 Å². The molecule has 0 fully saturated rings. The van der Waals surface area contributed by atoms with E-state index in [2.05, 4.69) is 26.2 Å². The largest absolute Gasteiger partial charge is 0.397 e. The van der Waals surface area contributed by atoms with Crippen LogP contribution in [0, 0.1) is 12.7 Å². The van der Waals surface area contributed by atoms with Crippen molar-refractivity contribution in [2.45, 2.75) is 13.5 Å². The Bertz CT molecular complexity index is 572. The molecule has 0 atom stereocenters. The standard InChI is InChI=1S/C13H13BrFN3/c1-8-2-3-17-6-9(8)7-18-13-5-11(15)10(14)4-12(13)16/h2-6,18H,7,16H2,1H3. The Morgan fingerprint density at radius 2 is 2.22 bits per heavy atom. The van der Waals surface area contributed by atoms with Crippen molar-refractivity contribution in [1.82, 2.24) is 4.98 Å². The summed E-state index contributed by atoms with van der Waals surface area (Å²) in [5.74, 6) is -0.338. The molecule has 18 heavy (non-hydrogen) atoms. The number of aryl methyl sites for hydroxylation is 1. The number of nitrogen functional groups attached to an aromatic ring is 1. The van der Waals surface area contributed by atoms with Gasteiger partial charge in [0.15, 0.2) is 0 Å². The predicted molar refractivity (Wildman–Crippen MR) is 74.8 cm³/mol. The molecule has 3 nitrogen and oxygen atoms in total. The summed E-state index contributed by atoms with van der Waals surface area (Å²) in [6.45, 7) is 2.56. The lowest BCUT2D eigenvalue weighted by atomic mass is 10.1. The fourth-order valence-electron chi connectivity index (χ4n) is 1.59. The molecule has 0 aliphatic carbocycles. The van der Waals surface area contributed by atoms with Crippen molar-refractivity contribution in [2.24, 2.45) is 0 Å². The lowest BCUT2D eigenvalue weighted by Gasteiger charge is -2.11. The maximum Gasteiger partial charge on any atom is 0.139 e. The second kappa shape index (κ2) is 5.35. The van der Waals surface area contributed by atoms with E-state index in [0.29, 0.717) is 22.4 Å². The number of pyridine rings is 1. The fourth-order valence-corrected chi connectivity index (χ4v) is 1.95. The van der Waals surface area contributed by atoms with Gasteiger partial charge in [-0.2, -0.15) is 0 Å². The maximum atomic E-state index is 13.4. The first-order valence-corrected chi connectivity index (χ1v) is 6.25. The first-order chi connectivity index (χ1) is 8.58. The zero-order valence-corrected chi connectivity index (χ0v) is 11.5. The summed E-state index contributed by atoms with van der Waals surface area (Å²) in [4.78, 5) is 4.06. The number of hydrogen-bond acceptors (Lipinski definition) is 3. The molecule has 1 aromatic heterocycles. The monoisotopic (exact) mass is 309 g/mol. The Hall–Kier alpha value is -1.62. The van der Waals surface area contributed by atoms with Crippen LogP contribution >= 0.6 is 15.9 Å². The first kappa shape index (κ1) is 12.8. The molecule has 2 rings (SSSR count). The summed E-state index contributed by atoms with van der Waals surface area (Å²) < 4.78 is 13.8. The molecular weight excluding hydrogens is 297 g/mol. The molecule has 5 heteroatoms. The van der Waals surface area contributed by atoms with Gasteiger partial charge in [-0.3, -0.25) is 4.98 Å². The van der Waals surface area contributed by atoms with Crippen molar-refractivity contribution in [3.05, 3.63) is 52.0 Å². The number of rotatable bonds is 3. The minimum Gasteiger partial charge on any atom is -0.397 e. The SMILES string of the molecule is Cc1ccncc1CNc1cc(F)c(Br)cc1N. The topological polar surface area (TPSA) is 50.9 Å². The summed E-state index contributed by atoms with van der Waals surface area (Å²) >= 11 is 3.10. The lowest BCUT2D eigenvalue weighted by molar-refractivity contribution is 0.622. The number of nitrogens with one attached hydrogen (secondary N) is 1. The van der Waals surface area contributed by atoms with Gasteiger partial charge in [-0.15, -0.1) is 0 Å². The molecule has 1 heterocycles. The summed E-state index contributed by atoms with van der Waals surface area (Å²) in [5, 5.41) is 3.11. The highest BCUT2D eigenvalue weighted by atomic mass is 79.9. The summed E-state index contributed by atoms with van der Waals surface area (Å²) in [6, 6.07) is 4.86. The highest BCUT2D eigenvalue weighted by Gasteiger charge is 2.06. The van der Waals surface area contributed by atoms with Crippen LogP contribution in [0.5, 0.6) is 0 Å². The van der Waals surface area contributed by atoms with Gasteiger partial charge in [-0.1, -0.05) is 0 Å². The van der Waals surface area contributed by atoms with Crippen molar-refractivity contribution in [3.8, 4) is 0 Å². The van der Waals surface area contributed by atoms with Crippen LogP contribution in [0.15, 0.2) is 35.1 Å². The molecule has 0 bridgehead atoms. The molecule has 0 radical (unpaired) electrons. The number of aromatic nitrogens is 1. The summed E-state index contributed by atoms with van der Waals surface area (Å²) in [5.41, 5.74) is 9.09.